The fourth-order valence-corrected chi connectivity index (χ4v) is 2.22. The van der Waals surface area contributed by atoms with Crippen molar-refractivity contribution in [2.24, 2.45) is 0 Å². The molecule has 0 saturated carbocycles. The molecule has 0 bridgehead atoms. The number of hydrogen-bond acceptors (Lipinski definition) is 7. The van der Waals surface area contributed by atoms with Gasteiger partial charge in [-0.3, -0.25) is 10.1 Å². The number of para-hydroxylation sites is 1. The van der Waals surface area contributed by atoms with Crippen LogP contribution < -0.4 is 11.1 Å². The van der Waals surface area contributed by atoms with E-state index in [9.17, 15) is 10.1 Å². The SMILES string of the molecule is CNc1nc(N)nc2nc(-c3ccccc3[N+](=O)[O-])ccc12. The second kappa shape index (κ2) is 5.24. The Labute approximate surface area is 125 Å². The van der Waals surface area contributed by atoms with Crippen LogP contribution in [-0.4, -0.2) is 26.9 Å². The van der Waals surface area contributed by atoms with Gasteiger partial charge in [0.05, 0.1) is 21.6 Å². The number of nitro benzene ring substituents is 1. The van der Waals surface area contributed by atoms with Crippen molar-refractivity contribution >= 4 is 28.5 Å². The molecule has 8 nitrogen and oxygen atoms in total. The molecular weight excluding hydrogens is 284 g/mol. The zero-order valence-corrected chi connectivity index (χ0v) is 11.6. The number of nitrogens with zero attached hydrogens (tertiary/aromatic N) is 4. The monoisotopic (exact) mass is 296 g/mol. The maximum atomic E-state index is 11.1. The summed E-state index contributed by atoms with van der Waals surface area (Å²) in [4.78, 5) is 23.2. The Morgan fingerprint density at radius 1 is 1.14 bits per heavy atom. The third-order valence-electron chi connectivity index (χ3n) is 3.19. The Balaban J connectivity index is 2.24. The largest absolute Gasteiger partial charge is 0.372 e. The van der Waals surface area contributed by atoms with Crippen molar-refractivity contribution in [3.05, 3.63) is 46.5 Å². The number of hydrogen-bond donors (Lipinski definition) is 2. The lowest BCUT2D eigenvalue weighted by Gasteiger charge is -2.07. The van der Waals surface area contributed by atoms with Crippen molar-refractivity contribution in [2.75, 3.05) is 18.1 Å². The van der Waals surface area contributed by atoms with Gasteiger partial charge >= 0.3 is 0 Å². The van der Waals surface area contributed by atoms with Crippen LogP contribution in [0.1, 0.15) is 0 Å². The van der Waals surface area contributed by atoms with Crippen LogP contribution in [0.5, 0.6) is 0 Å². The number of rotatable bonds is 3. The van der Waals surface area contributed by atoms with Gasteiger partial charge in [0.1, 0.15) is 5.82 Å². The second-order valence-corrected chi connectivity index (χ2v) is 4.52. The van der Waals surface area contributed by atoms with Crippen LogP contribution in [0.15, 0.2) is 36.4 Å². The van der Waals surface area contributed by atoms with E-state index in [1.807, 2.05) is 0 Å². The summed E-state index contributed by atoms with van der Waals surface area (Å²) < 4.78 is 0. The van der Waals surface area contributed by atoms with Crippen LogP contribution in [0.3, 0.4) is 0 Å². The highest BCUT2D eigenvalue weighted by atomic mass is 16.6. The summed E-state index contributed by atoms with van der Waals surface area (Å²) in [6, 6.07) is 9.89. The molecule has 110 valence electrons. The van der Waals surface area contributed by atoms with Crippen molar-refractivity contribution < 1.29 is 4.92 Å². The van der Waals surface area contributed by atoms with Crippen LogP contribution >= 0.6 is 0 Å². The van der Waals surface area contributed by atoms with Gasteiger partial charge in [-0.1, -0.05) is 12.1 Å². The van der Waals surface area contributed by atoms with E-state index in [0.717, 1.165) is 0 Å². The van der Waals surface area contributed by atoms with Crippen molar-refractivity contribution in [1.82, 2.24) is 15.0 Å². The van der Waals surface area contributed by atoms with Gasteiger partial charge in [-0.05, 0) is 18.2 Å². The third kappa shape index (κ3) is 2.26. The molecule has 3 N–H and O–H groups in total. The summed E-state index contributed by atoms with van der Waals surface area (Å²) in [6.07, 6.45) is 0. The number of benzene rings is 1. The molecule has 0 unspecified atom stereocenters. The number of anilines is 2. The van der Waals surface area contributed by atoms with E-state index in [1.165, 1.54) is 6.07 Å². The van der Waals surface area contributed by atoms with Gasteiger partial charge in [0.2, 0.25) is 5.95 Å². The number of nitrogens with two attached hydrogens (primary N) is 1. The Bertz CT molecular complexity index is 880. The van der Waals surface area contributed by atoms with Crippen molar-refractivity contribution in [2.45, 2.75) is 0 Å². The van der Waals surface area contributed by atoms with Gasteiger partial charge in [-0.2, -0.15) is 9.97 Å². The third-order valence-corrected chi connectivity index (χ3v) is 3.19. The highest BCUT2D eigenvalue weighted by molar-refractivity contribution is 5.89. The number of nitrogen functional groups attached to an aromatic ring is 1. The fraction of sp³-hybridized carbons (Fsp3) is 0.0714. The summed E-state index contributed by atoms with van der Waals surface area (Å²) in [5.41, 5.74) is 6.92. The molecule has 2 aromatic heterocycles. The molecule has 8 heteroatoms. The summed E-state index contributed by atoms with van der Waals surface area (Å²) in [5, 5.41) is 14.7. The molecule has 0 aliphatic carbocycles. The molecular formula is C14H12N6O2. The quantitative estimate of drug-likeness (QED) is 0.561. The predicted molar refractivity (Wildman–Crippen MR) is 83.4 cm³/mol. The van der Waals surface area contributed by atoms with Crippen LogP contribution in [-0.2, 0) is 0 Å². The first-order chi connectivity index (χ1) is 10.6. The highest BCUT2D eigenvalue weighted by Crippen LogP contribution is 2.30. The standard InChI is InChI=1S/C14H12N6O2/c1-16-12-9-6-7-10(17-13(9)19-14(15)18-12)8-4-2-3-5-11(8)20(21)22/h2-7H,1H3,(H3,15,16,17,18,19). The lowest BCUT2D eigenvalue weighted by Crippen LogP contribution is -2.02. The maximum Gasteiger partial charge on any atom is 0.278 e. The highest BCUT2D eigenvalue weighted by Gasteiger charge is 2.16. The van der Waals surface area contributed by atoms with Gasteiger partial charge in [-0.25, -0.2) is 4.98 Å². The summed E-state index contributed by atoms with van der Waals surface area (Å²) >= 11 is 0. The topological polar surface area (TPSA) is 120 Å². The van der Waals surface area contributed by atoms with Crippen molar-refractivity contribution in [3.8, 4) is 11.3 Å². The lowest BCUT2D eigenvalue weighted by atomic mass is 10.1. The first kappa shape index (κ1) is 13.7. The molecule has 0 spiro atoms. The summed E-state index contributed by atoms with van der Waals surface area (Å²) in [5.74, 6) is 0.646. The summed E-state index contributed by atoms with van der Waals surface area (Å²) in [6.45, 7) is 0. The number of nitrogens with one attached hydrogen (secondary N) is 1. The average Bonchev–Trinajstić information content (AvgIpc) is 2.53. The van der Waals surface area contributed by atoms with Crippen LogP contribution in [0, 0.1) is 10.1 Å². The van der Waals surface area contributed by atoms with E-state index in [4.69, 9.17) is 5.73 Å². The normalized spacial score (nSPS) is 10.6. The van der Waals surface area contributed by atoms with Crippen molar-refractivity contribution in [1.29, 1.82) is 0 Å². The molecule has 0 radical (unpaired) electrons. The minimum absolute atomic E-state index is 0.00906. The second-order valence-electron chi connectivity index (χ2n) is 4.52. The smallest absolute Gasteiger partial charge is 0.278 e. The fourth-order valence-electron chi connectivity index (χ4n) is 2.22. The van der Waals surface area contributed by atoms with Gasteiger partial charge in [0.15, 0.2) is 5.65 Å². The van der Waals surface area contributed by atoms with Crippen molar-refractivity contribution in [3.63, 3.8) is 0 Å². The van der Waals surface area contributed by atoms with E-state index >= 15 is 0 Å². The molecule has 0 fully saturated rings. The Morgan fingerprint density at radius 2 is 1.91 bits per heavy atom. The molecule has 0 aliphatic heterocycles. The number of fused-ring (bicyclic) bond motifs is 1. The summed E-state index contributed by atoms with van der Waals surface area (Å²) in [7, 11) is 1.72. The molecule has 3 rings (SSSR count). The van der Waals surface area contributed by atoms with E-state index in [0.29, 0.717) is 28.1 Å². The molecule has 1 aromatic carbocycles. The first-order valence-corrected chi connectivity index (χ1v) is 6.46. The van der Waals surface area contributed by atoms with E-state index in [1.54, 1.807) is 37.4 Å². The molecule has 0 saturated heterocycles. The number of pyridine rings is 1. The average molecular weight is 296 g/mol. The Hall–Kier alpha value is -3.29. The molecule has 2 heterocycles. The van der Waals surface area contributed by atoms with Gasteiger partial charge < -0.3 is 11.1 Å². The minimum atomic E-state index is -0.436. The first-order valence-electron chi connectivity index (χ1n) is 6.46. The van der Waals surface area contributed by atoms with Crippen LogP contribution in [0.25, 0.3) is 22.3 Å². The predicted octanol–water partition coefficient (Wildman–Crippen LogP) is 2.22. The van der Waals surface area contributed by atoms with Gasteiger partial charge in [-0.15, -0.1) is 0 Å². The molecule has 22 heavy (non-hydrogen) atoms. The van der Waals surface area contributed by atoms with Crippen LogP contribution in [0.2, 0.25) is 0 Å². The lowest BCUT2D eigenvalue weighted by molar-refractivity contribution is -0.384. The zero-order valence-electron chi connectivity index (χ0n) is 11.6. The Kier molecular flexibility index (Phi) is 3.26. The minimum Gasteiger partial charge on any atom is -0.372 e. The molecule has 0 atom stereocenters. The van der Waals surface area contributed by atoms with E-state index < -0.39 is 4.92 Å². The molecule has 3 aromatic rings. The molecule has 0 aliphatic rings. The molecule has 0 amide bonds. The van der Waals surface area contributed by atoms with E-state index in [2.05, 4.69) is 20.3 Å². The van der Waals surface area contributed by atoms with E-state index in [-0.39, 0.29) is 11.6 Å². The van der Waals surface area contributed by atoms with Gasteiger partial charge in [0.25, 0.3) is 5.69 Å². The number of aromatic nitrogens is 3. The number of nitro groups is 1. The van der Waals surface area contributed by atoms with Gasteiger partial charge in [0, 0.05) is 13.1 Å². The Morgan fingerprint density at radius 3 is 2.64 bits per heavy atom. The zero-order chi connectivity index (χ0) is 15.7. The van der Waals surface area contributed by atoms with Crippen LogP contribution in [0.4, 0.5) is 17.5 Å². The maximum absolute atomic E-state index is 11.1.